The van der Waals surface area contributed by atoms with Gasteiger partial charge in [0.05, 0.1) is 31.3 Å². The van der Waals surface area contributed by atoms with Crippen LogP contribution in [0.4, 0.5) is 0 Å². The highest BCUT2D eigenvalue weighted by Gasteiger charge is 2.51. The molecule has 0 heterocycles. The van der Waals surface area contributed by atoms with E-state index in [2.05, 4.69) is 31.3 Å². The lowest BCUT2D eigenvalue weighted by Crippen LogP contribution is -2.64. The van der Waals surface area contributed by atoms with Gasteiger partial charge in [-0.15, -0.1) is 0 Å². The number of allylic oxidation sites excluding steroid dienone is 3. The number of aliphatic hydroxyl groups is 7. The standard InChI is InChI=1S/C46H88NO12P/c1-3-5-7-9-11-13-15-16-17-18-19-20-21-22-24-25-27-29-31-33-37(48)35-40(50)47-38(39(49)34-32-30-28-26-23-14-12-10-8-6-4-2)36-58-60(56,57)59-46-44(54)42(52)41(51)43(53)45(46)55/h23,26,32,34,37-39,41-46,48-49,51-55H,3-22,24-25,27-31,33,35-36H2,1-2H3,(H,47,50)(H,56,57)/b26-23+,34-32+. The maximum atomic E-state index is 13.0. The fourth-order valence-electron chi connectivity index (χ4n) is 7.61. The summed E-state index contributed by atoms with van der Waals surface area (Å²) in [7, 11) is -5.14. The normalized spacial score (nSPS) is 23.6. The molecule has 1 fully saturated rings. The predicted molar refractivity (Wildman–Crippen MR) is 238 cm³/mol. The summed E-state index contributed by atoms with van der Waals surface area (Å²) in [5, 5.41) is 74.3. The van der Waals surface area contributed by atoms with Crippen LogP contribution in [-0.2, 0) is 18.4 Å². The minimum atomic E-state index is -5.14. The summed E-state index contributed by atoms with van der Waals surface area (Å²) in [5.41, 5.74) is 0. The molecule has 13 nitrogen and oxygen atoms in total. The first-order chi connectivity index (χ1) is 28.8. The molecule has 0 spiro atoms. The predicted octanol–water partition coefficient (Wildman–Crippen LogP) is 7.98. The zero-order valence-electron chi connectivity index (χ0n) is 37.4. The molecular weight excluding hydrogens is 789 g/mol. The summed E-state index contributed by atoms with van der Waals surface area (Å²) in [4.78, 5) is 23.4. The summed E-state index contributed by atoms with van der Waals surface area (Å²) in [6, 6.07) is -1.25. The number of rotatable bonds is 39. The van der Waals surface area contributed by atoms with E-state index in [9.17, 15) is 50.0 Å². The van der Waals surface area contributed by atoms with Crippen molar-refractivity contribution in [2.24, 2.45) is 0 Å². The first-order valence-electron chi connectivity index (χ1n) is 23.9. The smallest absolute Gasteiger partial charge is 0.393 e. The summed E-state index contributed by atoms with van der Waals surface area (Å²) in [5.74, 6) is -0.602. The number of phosphoric acid groups is 1. The highest BCUT2D eigenvalue weighted by molar-refractivity contribution is 7.47. The minimum Gasteiger partial charge on any atom is -0.393 e. The molecule has 0 saturated heterocycles. The number of carbonyl (C=O) groups is 1. The largest absolute Gasteiger partial charge is 0.472 e. The van der Waals surface area contributed by atoms with E-state index in [0.29, 0.717) is 12.8 Å². The number of hydrogen-bond donors (Lipinski definition) is 9. The Hall–Kier alpha value is -1.22. The van der Waals surface area contributed by atoms with Crippen LogP contribution in [0.5, 0.6) is 0 Å². The molecule has 0 aliphatic heterocycles. The molecule has 9 N–H and O–H groups in total. The Morgan fingerprint density at radius 3 is 1.47 bits per heavy atom. The van der Waals surface area contributed by atoms with Gasteiger partial charge in [-0.3, -0.25) is 13.8 Å². The molecule has 1 amide bonds. The van der Waals surface area contributed by atoms with Gasteiger partial charge in [-0.2, -0.15) is 0 Å². The van der Waals surface area contributed by atoms with E-state index in [1.165, 1.54) is 128 Å². The average molecular weight is 878 g/mol. The van der Waals surface area contributed by atoms with Crippen LogP contribution in [0, 0.1) is 0 Å². The number of amides is 1. The Kier molecular flexibility index (Phi) is 34.2. The van der Waals surface area contributed by atoms with Crippen LogP contribution >= 0.6 is 7.82 Å². The second kappa shape index (κ2) is 36.2. The third-order valence-corrected chi connectivity index (χ3v) is 12.5. The van der Waals surface area contributed by atoms with Crippen molar-refractivity contribution in [1.82, 2.24) is 5.32 Å². The third-order valence-electron chi connectivity index (χ3n) is 11.5. The summed E-state index contributed by atoms with van der Waals surface area (Å²) in [6.45, 7) is 3.70. The maximum absolute atomic E-state index is 13.0. The van der Waals surface area contributed by atoms with Crippen molar-refractivity contribution in [2.45, 2.75) is 255 Å². The summed E-state index contributed by atoms with van der Waals surface area (Å²) in [6.07, 6.45) is 25.7. The molecule has 1 saturated carbocycles. The average Bonchev–Trinajstić information content (AvgIpc) is 3.22. The van der Waals surface area contributed by atoms with Crippen molar-refractivity contribution in [3.63, 3.8) is 0 Å². The lowest BCUT2D eigenvalue weighted by Gasteiger charge is -2.41. The van der Waals surface area contributed by atoms with Gasteiger partial charge in [-0.05, 0) is 32.1 Å². The minimum absolute atomic E-state index is 0.249. The molecule has 8 unspecified atom stereocenters. The Morgan fingerprint density at radius 1 is 0.583 bits per heavy atom. The van der Waals surface area contributed by atoms with Crippen LogP contribution in [0.15, 0.2) is 24.3 Å². The molecule has 14 heteroatoms. The highest BCUT2D eigenvalue weighted by Crippen LogP contribution is 2.47. The Morgan fingerprint density at radius 2 is 0.983 bits per heavy atom. The molecule has 8 atom stereocenters. The SMILES string of the molecule is CCCCCCC/C=C/CC/C=C/C(O)C(COP(=O)(O)OC1C(O)C(O)C(O)C(O)C1O)NC(=O)CC(O)CCCCCCCCCCCCCCCCCCCCC. The monoisotopic (exact) mass is 878 g/mol. The maximum Gasteiger partial charge on any atom is 0.472 e. The van der Waals surface area contributed by atoms with E-state index in [1.54, 1.807) is 6.08 Å². The third kappa shape index (κ3) is 27.8. The summed E-state index contributed by atoms with van der Waals surface area (Å²) >= 11 is 0. The number of nitrogens with one attached hydrogen (secondary N) is 1. The van der Waals surface area contributed by atoms with Gasteiger partial charge in [0.25, 0.3) is 0 Å². The molecule has 0 aromatic heterocycles. The number of unbranched alkanes of at least 4 members (excludes halogenated alkanes) is 24. The molecule has 60 heavy (non-hydrogen) atoms. The van der Waals surface area contributed by atoms with E-state index in [0.717, 1.165) is 44.9 Å². The second-order valence-corrected chi connectivity index (χ2v) is 18.5. The fourth-order valence-corrected chi connectivity index (χ4v) is 8.58. The topological polar surface area (TPSA) is 226 Å². The molecule has 0 bridgehead atoms. The van der Waals surface area contributed by atoms with Gasteiger partial charge in [0.1, 0.15) is 36.6 Å². The van der Waals surface area contributed by atoms with Crippen molar-refractivity contribution in [3.05, 3.63) is 24.3 Å². The van der Waals surface area contributed by atoms with Crippen molar-refractivity contribution >= 4 is 13.7 Å². The van der Waals surface area contributed by atoms with Crippen molar-refractivity contribution in [2.75, 3.05) is 6.61 Å². The van der Waals surface area contributed by atoms with Crippen molar-refractivity contribution in [3.8, 4) is 0 Å². The molecular formula is C46H88NO12P. The van der Waals surface area contributed by atoms with Crippen LogP contribution in [0.2, 0.25) is 0 Å². The Labute approximate surface area is 363 Å². The molecule has 1 aliphatic rings. The van der Waals surface area contributed by atoms with E-state index in [4.69, 9.17) is 9.05 Å². The van der Waals surface area contributed by atoms with Gasteiger partial charge >= 0.3 is 7.82 Å². The van der Waals surface area contributed by atoms with Crippen LogP contribution in [-0.4, -0.2) is 108 Å². The molecule has 0 aromatic carbocycles. The molecule has 1 rings (SSSR count). The zero-order chi connectivity index (χ0) is 44.4. The Bertz CT molecular complexity index is 1130. The van der Waals surface area contributed by atoms with Gasteiger partial charge < -0.3 is 46.0 Å². The first-order valence-corrected chi connectivity index (χ1v) is 25.4. The van der Waals surface area contributed by atoms with E-state index < -0.39 is 75.2 Å². The zero-order valence-corrected chi connectivity index (χ0v) is 38.3. The van der Waals surface area contributed by atoms with E-state index in [-0.39, 0.29) is 6.42 Å². The van der Waals surface area contributed by atoms with Crippen LogP contribution in [0.3, 0.4) is 0 Å². The molecule has 1 aliphatic carbocycles. The Balaban J connectivity index is 2.47. The van der Waals surface area contributed by atoms with Gasteiger partial charge in [-0.1, -0.05) is 186 Å². The molecule has 0 radical (unpaired) electrons. The van der Waals surface area contributed by atoms with Crippen molar-refractivity contribution in [1.29, 1.82) is 0 Å². The lowest BCUT2D eigenvalue weighted by molar-refractivity contribution is -0.220. The van der Waals surface area contributed by atoms with Crippen LogP contribution in [0.25, 0.3) is 0 Å². The van der Waals surface area contributed by atoms with Gasteiger partial charge in [0, 0.05) is 0 Å². The number of phosphoric ester groups is 1. The number of carbonyl (C=O) groups excluding carboxylic acids is 1. The van der Waals surface area contributed by atoms with Crippen LogP contribution < -0.4 is 5.32 Å². The quantitative estimate of drug-likeness (QED) is 0.0163. The number of aliphatic hydroxyl groups excluding tert-OH is 7. The van der Waals surface area contributed by atoms with E-state index >= 15 is 0 Å². The highest BCUT2D eigenvalue weighted by atomic mass is 31.2. The van der Waals surface area contributed by atoms with Gasteiger partial charge in [0.2, 0.25) is 5.91 Å². The fraction of sp³-hybridized carbons (Fsp3) is 0.891. The number of hydrogen-bond acceptors (Lipinski definition) is 11. The first kappa shape index (κ1) is 56.8. The van der Waals surface area contributed by atoms with Crippen molar-refractivity contribution < 1.29 is 59.0 Å². The second-order valence-electron chi connectivity index (χ2n) is 17.1. The summed E-state index contributed by atoms with van der Waals surface area (Å²) < 4.78 is 22.8. The molecule has 354 valence electrons. The van der Waals surface area contributed by atoms with E-state index in [1.807, 2.05) is 0 Å². The molecule has 0 aromatic rings. The lowest BCUT2D eigenvalue weighted by atomic mass is 9.85. The van der Waals surface area contributed by atoms with Crippen LogP contribution in [0.1, 0.15) is 200 Å². The van der Waals surface area contributed by atoms with Gasteiger partial charge in [-0.25, -0.2) is 4.57 Å². The van der Waals surface area contributed by atoms with Gasteiger partial charge in [0.15, 0.2) is 0 Å².